The van der Waals surface area contributed by atoms with Crippen molar-refractivity contribution >= 4 is 33.4 Å². The number of imidazole rings is 1. The summed E-state index contributed by atoms with van der Waals surface area (Å²) in [7, 11) is -1.88. The molecule has 0 unspecified atom stereocenters. The molecule has 0 saturated heterocycles. The topological polar surface area (TPSA) is 106 Å². The highest BCUT2D eigenvalue weighted by Gasteiger charge is 2.15. The minimum absolute atomic E-state index is 0.0478. The minimum Gasteiger partial charge on any atom is -0.468 e. The summed E-state index contributed by atoms with van der Waals surface area (Å²) in [6.45, 7) is 0.0478. The van der Waals surface area contributed by atoms with Crippen LogP contribution in [-0.4, -0.2) is 29.6 Å². The van der Waals surface area contributed by atoms with E-state index in [1.807, 2.05) is 11.6 Å². The second-order valence-corrected chi connectivity index (χ2v) is 8.30. The molecule has 2 aromatic heterocycles. The van der Waals surface area contributed by atoms with E-state index >= 15 is 0 Å². The third-order valence-corrected chi connectivity index (χ3v) is 6.01. The lowest BCUT2D eigenvalue weighted by molar-refractivity contribution is -0.113. The first-order valence-corrected chi connectivity index (χ1v) is 10.4. The summed E-state index contributed by atoms with van der Waals surface area (Å²) >= 11 is 1.30. The Morgan fingerprint density at radius 1 is 1.30 bits per heavy atom. The van der Waals surface area contributed by atoms with Crippen LogP contribution >= 0.6 is 11.8 Å². The maximum atomic E-state index is 12.4. The van der Waals surface area contributed by atoms with Crippen LogP contribution in [0.5, 0.6) is 0 Å². The van der Waals surface area contributed by atoms with Crippen molar-refractivity contribution < 1.29 is 17.6 Å². The summed E-state index contributed by atoms with van der Waals surface area (Å²) in [6.07, 6.45) is 4.93. The Bertz CT molecular complexity index is 1010. The predicted molar refractivity (Wildman–Crippen MR) is 102 cm³/mol. The molecule has 1 amide bonds. The van der Waals surface area contributed by atoms with E-state index in [2.05, 4.69) is 15.0 Å². The van der Waals surface area contributed by atoms with Gasteiger partial charge >= 0.3 is 0 Å². The Morgan fingerprint density at radius 2 is 2.15 bits per heavy atom. The molecule has 0 atom stereocenters. The molecule has 3 aromatic rings. The highest BCUT2D eigenvalue weighted by Crippen LogP contribution is 2.18. The maximum absolute atomic E-state index is 12.4. The Balaban J connectivity index is 1.60. The number of rotatable bonds is 8. The quantitative estimate of drug-likeness (QED) is 0.556. The van der Waals surface area contributed by atoms with Gasteiger partial charge in [-0.05, 0) is 30.3 Å². The monoisotopic (exact) mass is 406 g/mol. The van der Waals surface area contributed by atoms with Crippen LogP contribution in [0.1, 0.15) is 5.76 Å². The highest BCUT2D eigenvalue weighted by molar-refractivity contribution is 7.99. The Kier molecular flexibility index (Phi) is 5.99. The summed E-state index contributed by atoms with van der Waals surface area (Å²) in [5.41, 5.74) is 0.404. The smallest absolute Gasteiger partial charge is 0.241 e. The van der Waals surface area contributed by atoms with E-state index in [-0.39, 0.29) is 23.1 Å². The molecule has 27 heavy (non-hydrogen) atoms. The summed E-state index contributed by atoms with van der Waals surface area (Å²) in [6, 6.07) is 9.44. The van der Waals surface area contributed by atoms with E-state index < -0.39 is 10.0 Å². The third-order valence-electron chi connectivity index (χ3n) is 3.55. The van der Waals surface area contributed by atoms with Crippen LogP contribution in [0, 0.1) is 0 Å². The maximum Gasteiger partial charge on any atom is 0.241 e. The zero-order valence-electron chi connectivity index (χ0n) is 14.5. The number of anilines is 1. The summed E-state index contributed by atoms with van der Waals surface area (Å²) in [5, 5.41) is 3.42. The minimum atomic E-state index is -3.73. The summed E-state index contributed by atoms with van der Waals surface area (Å²) in [5.74, 6) is 0.425. The van der Waals surface area contributed by atoms with Crippen LogP contribution in [0.2, 0.25) is 0 Å². The normalized spacial score (nSPS) is 11.4. The summed E-state index contributed by atoms with van der Waals surface area (Å²) in [4.78, 5) is 16.3. The molecule has 2 heterocycles. The van der Waals surface area contributed by atoms with E-state index in [9.17, 15) is 13.2 Å². The van der Waals surface area contributed by atoms with Gasteiger partial charge in [0.05, 0.1) is 23.5 Å². The lowest BCUT2D eigenvalue weighted by Gasteiger charge is -2.09. The molecular formula is C17H18N4O4S2. The number of aromatic nitrogens is 2. The molecule has 3 rings (SSSR count). The number of nitrogens with one attached hydrogen (secondary N) is 2. The number of nitrogens with zero attached hydrogens (tertiary/aromatic N) is 2. The molecule has 0 aliphatic heterocycles. The molecule has 2 N–H and O–H groups in total. The first kappa shape index (κ1) is 19.2. The van der Waals surface area contributed by atoms with Crippen LogP contribution < -0.4 is 10.0 Å². The van der Waals surface area contributed by atoms with Gasteiger partial charge in [-0.3, -0.25) is 4.79 Å². The lowest BCUT2D eigenvalue weighted by Crippen LogP contribution is -2.23. The number of carbonyl (C=O) groups excluding carboxylic acids is 1. The molecule has 0 aliphatic rings. The number of hydrogen-bond donors (Lipinski definition) is 2. The SMILES string of the molecule is Cn1ccnc1SCC(=O)Nc1cccc(S(=O)(=O)NCc2ccco2)c1. The average Bonchev–Trinajstić information content (AvgIpc) is 3.30. The van der Waals surface area contributed by atoms with Crippen LogP contribution in [0.4, 0.5) is 5.69 Å². The van der Waals surface area contributed by atoms with Crippen molar-refractivity contribution in [2.24, 2.45) is 7.05 Å². The van der Waals surface area contributed by atoms with Crippen molar-refractivity contribution in [3.05, 3.63) is 60.8 Å². The molecule has 8 nitrogen and oxygen atoms in total. The Morgan fingerprint density at radius 3 is 2.85 bits per heavy atom. The number of hydrogen-bond acceptors (Lipinski definition) is 6. The zero-order valence-corrected chi connectivity index (χ0v) is 16.1. The number of amides is 1. The van der Waals surface area contributed by atoms with Gasteiger partial charge in [0, 0.05) is 25.1 Å². The van der Waals surface area contributed by atoms with E-state index in [4.69, 9.17) is 4.42 Å². The Labute approximate surface area is 161 Å². The average molecular weight is 406 g/mol. The molecule has 0 spiro atoms. The van der Waals surface area contributed by atoms with Crippen molar-refractivity contribution in [2.75, 3.05) is 11.1 Å². The predicted octanol–water partition coefficient (Wildman–Crippen LogP) is 2.22. The first-order valence-electron chi connectivity index (χ1n) is 7.96. The number of benzene rings is 1. The van der Waals surface area contributed by atoms with E-state index in [1.54, 1.807) is 36.7 Å². The molecule has 0 saturated carbocycles. The third kappa shape index (κ3) is 5.22. The van der Waals surface area contributed by atoms with Crippen molar-refractivity contribution in [1.29, 1.82) is 0 Å². The number of furan rings is 1. The molecule has 0 radical (unpaired) electrons. The molecule has 0 fully saturated rings. The van der Waals surface area contributed by atoms with Crippen LogP contribution in [0.15, 0.2) is 69.5 Å². The second-order valence-electron chi connectivity index (χ2n) is 5.59. The van der Waals surface area contributed by atoms with Gasteiger partial charge in [-0.2, -0.15) is 0 Å². The molecule has 0 aliphatic carbocycles. The number of aryl methyl sites for hydroxylation is 1. The van der Waals surface area contributed by atoms with Gasteiger partial charge in [0.2, 0.25) is 15.9 Å². The van der Waals surface area contributed by atoms with Gasteiger partial charge in [0.15, 0.2) is 5.16 Å². The van der Waals surface area contributed by atoms with Crippen molar-refractivity contribution in [3.8, 4) is 0 Å². The van der Waals surface area contributed by atoms with Crippen LogP contribution in [-0.2, 0) is 28.4 Å². The van der Waals surface area contributed by atoms with Crippen molar-refractivity contribution in [2.45, 2.75) is 16.6 Å². The molecule has 1 aromatic carbocycles. The van der Waals surface area contributed by atoms with Gasteiger partial charge in [-0.1, -0.05) is 17.8 Å². The van der Waals surface area contributed by atoms with E-state index in [1.165, 1.54) is 30.2 Å². The van der Waals surface area contributed by atoms with Crippen molar-refractivity contribution in [1.82, 2.24) is 14.3 Å². The molecule has 142 valence electrons. The highest BCUT2D eigenvalue weighted by atomic mass is 32.2. The van der Waals surface area contributed by atoms with Gasteiger partial charge in [0.1, 0.15) is 5.76 Å². The fourth-order valence-corrected chi connectivity index (χ4v) is 3.99. The fraction of sp³-hybridized carbons (Fsp3) is 0.176. The molecular weight excluding hydrogens is 388 g/mol. The number of carbonyl (C=O) groups is 1. The van der Waals surface area contributed by atoms with Gasteiger partial charge in [-0.25, -0.2) is 18.1 Å². The Hall–Kier alpha value is -2.56. The van der Waals surface area contributed by atoms with E-state index in [0.717, 1.165) is 5.16 Å². The first-order chi connectivity index (χ1) is 12.9. The number of thioether (sulfide) groups is 1. The summed E-state index contributed by atoms with van der Waals surface area (Å²) < 4.78 is 34.2. The van der Waals surface area contributed by atoms with Gasteiger partial charge < -0.3 is 14.3 Å². The van der Waals surface area contributed by atoms with Crippen molar-refractivity contribution in [3.63, 3.8) is 0 Å². The number of sulfonamides is 1. The molecule has 10 heteroatoms. The second kappa shape index (κ2) is 8.42. The molecule has 0 bridgehead atoms. The fourth-order valence-electron chi connectivity index (χ4n) is 2.22. The lowest BCUT2D eigenvalue weighted by atomic mass is 10.3. The van der Waals surface area contributed by atoms with Gasteiger partial charge in [0.25, 0.3) is 0 Å². The van der Waals surface area contributed by atoms with Crippen LogP contribution in [0.3, 0.4) is 0 Å². The van der Waals surface area contributed by atoms with Gasteiger partial charge in [-0.15, -0.1) is 0 Å². The zero-order chi connectivity index (χ0) is 19.3. The van der Waals surface area contributed by atoms with E-state index in [0.29, 0.717) is 11.4 Å². The largest absolute Gasteiger partial charge is 0.468 e. The standard InChI is InChI=1S/C17H18N4O4S2/c1-21-8-7-18-17(21)26-12-16(22)20-13-4-2-6-15(10-13)27(23,24)19-11-14-5-3-9-25-14/h2-10,19H,11-12H2,1H3,(H,20,22). The van der Waals surface area contributed by atoms with Crippen LogP contribution in [0.25, 0.3) is 0 Å².